The second-order valence-electron chi connectivity index (χ2n) is 6.14. The van der Waals surface area contributed by atoms with Crippen LogP contribution >= 0.6 is 11.3 Å². The molecular weight excluding hydrogens is 352 g/mol. The van der Waals surface area contributed by atoms with Gasteiger partial charge in [0.05, 0.1) is 16.7 Å². The molecular formula is C18H16N4O3S. The summed E-state index contributed by atoms with van der Waals surface area (Å²) in [6.45, 7) is 0.711. The normalized spacial score (nSPS) is 16.8. The number of amides is 1. The molecule has 1 saturated heterocycles. The molecule has 8 heteroatoms. The van der Waals surface area contributed by atoms with E-state index in [2.05, 4.69) is 16.5 Å². The van der Waals surface area contributed by atoms with E-state index >= 15 is 0 Å². The van der Waals surface area contributed by atoms with E-state index in [0.29, 0.717) is 17.9 Å². The van der Waals surface area contributed by atoms with Crippen LogP contribution in [0.5, 0.6) is 0 Å². The van der Waals surface area contributed by atoms with Gasteiger partial charge in [0.2, 0.25) is 0 Å². The summed E-state index contributed by atoms with van der Waals surface area (Å²) in [5.74, 6) is -0.108. The summed E-state index contributed by atoms with van der Waals surface area (Å²) >= 11 is 1.63. The second kappa shape index (κ2) is 6.72. The zero-order valence-electron chi connectivity index (χ0n) is 13.8. The number of non-ortho nitro benzene ring substituents is 1. The fourth-order valence-corrected chi connectivity index (χ4v) is 4.01. The Labute approximate surface area is 153 Å². The molecule has 1 aromatic carbocycles. The number of nitrogens with zero attached hydrogens (tertiary/aromatic N) is 4. The molecule has 4 rings (SSSR count). The number of nitro benzene ring substituents is 1. The second-order valence-corrected chi connectivity index (χ2v) is 6.92. The fourth-order valence-electron chi connectivity index (χ4n) is 3.30. The first kappa shape index (κ1) is 16.5. The minimum atomic E-state index is -0.450. The van der Waals surface area contributed by atoms with Crippen LogP contribution in [-0.4, -0.2) is 32.1 Å². The van der Waals surface area contributed by atoms with Crippen molar-refractivity contribution in [1.29, 1.82) is 0 Å². The summed E-state index contributed by atoms with van der Waals surface area (Å²) < 4.78 is 1.50. The van der Waals surface area contributed by atoms with Gasteiger partial charge in [-0.3, -0.25) is 14.9 Å². The maximum absolute atomic E-state index is 12.9. The van der Waals surface area contributed by atoms with E-state index in [4.69, 9.17) is 0 Å². The molecule has 132 valence electrons. The van der Waals surface area contributed by atoms with Gasteiger partial charge in [0, 0.05) is 24.9 Å². The first-order chi connectivity index (χ1) is 12.6. The molecule has 3 aromatic rings. The molecule has 1 aliphatic rings. The highest BCUT2D eigenvalue weighted by atomic mass is 32.1. The van der Waals surface area contributed by atoms with Gasteiger partial charge in [-0.25, -0.2) is 4.68 Å². The Balaban J connectivity index is 1.59. The lowest BCUT2D eigenvalue weighted by atomic mass is 10.1. The minimum Gasteiger partial charge on any atom is -0.330 e. The van der Waals surface area contributed by atoms with Crippen molar-refractivity contribution in [3.8, 4) is 5.69 Å². The Morgan fingerprint density at radius 2 is 2.19 bits per heavy atom. The highest BCUT2D eigenvalue weighted by Crippen LogP contribution is 2.34. The van der Waals surface area contributed by atoms with Gasteiger partial charge in [-0.1, -0.05) is 6.07 Å². The third-order valence-electron chi connectivity index (χ3n) is 4.55. The molecule has 0 saturated carbocycles. The summed E-state index contributed by atoms with van der Waals surface area (Å²) in [5, 5.41) is 19.4. The number of rotatable bonds is 4. The van der Waals surface area contributed by atoms with Gasteiger partial charge in [-0.15, -0.1) is 0 Å². The fraction of sp³-hybridized carbons (Fsp3) is 0.222. The van der Waals surface area contributed by atoms with Gasteiger partial charge in [0.25, 0.3) is 11.6 Å². The minimum absolute atomic E-state index is 0.0112. The van der Waals surface area contributed by atoms with Crippen LogP contribution < -0.4 is 0 Å². The van der Waals surface area contributed by atoms with Crippen molar-refractivity contribution in [2.75, 3.05) is 6.54 Å². The van der Waals surface area contributed by atoms with E-state index in [1.54, 1.807) is 35.7 Å². The van der Waals surface area contributed by atoms with Crippen molar-refractivity contribution >= 4 is 22.9 Å². The average molecular weight is 368 g/mol. The zero-order valence-corrected chi connectivity index (χ0v) is 14.6. The number of benzene rings is 1. The number of likely N-dealkylation sites (tertiary alicyclic amines) is 1. The predicted molar refractivity (Wildman–Crippen MR) is 97.5 cm³/mol. The first-order valence-corrected chi connectivity index (χ1v) is 9.21. The lowest BCUT2D eigenvalue weighted by Gasteiger charge is -2.23. The molecule has 7 nitrogen and oxygen atoms in total. The highest BCUT2D eigenvalue weighted by Gasteiger charge is 2.31. The number of carbonyl (C=O) groups is 1. The van der Waals surface area contributed by atoms with Crippen LogP contribution in [0.25, 0.3) is 5.69 Å². The van der Waals surface area contributed by atoms with E-state index in [-0.39, 0.29) is 17.6 Å². The Kier molecular flexibility index (Phi) is 4.26. The molecule has 1 unspecified atom stereocenters. The molecule has 2 aromatic heterocycles. The Morgan fingerprint density at radius 3 is 2.96 bits per heavy atom. The van der Waals surface area contributed by atoms with Crippen molar-refractivity contribution in [3.63, 3.8) is 0 Å². The molecule has 26 heavy (non-hydrogen) atoms. The van der Waals surface area contributed by atoms with Crippen LogP contribution in [0.3, 0.4) is 0 Å². The summed E-state index contributed by atoms with van der Waals surface area (Å²) in [6.07, 6.45) is 3.58. The Bertz CT molecular complexity index is 951. The van der Waals surface area contributed by atoms with E-state index in [0.717, 1.165) is 12.8 Å². The molecule has 0 N–H and O–H groups in total. The molecule has 1 amide bonds. The number of hydrogen-bond donors (Lipinski definition) is 0. The standard InChI is InChI=1S/C18H16N4O3S/c23-18(20-8-2-5-17(20)13-7-10-26-12-13)16-6-9-21(19-16)14-3-1-4-15(11-14)22(24)25/h1,3-4,6-7,9-12,17H,2,5,8H2. The van der Waals surface area contributed by atoms with E-state index < -0.39 is 4.92 Å². The van der Waals surface area contributed by atoms with Crippen molar-refractivity contribution in [2.24, 2.45) is 0 Å². The third-order valence-corrected chi connectivity index (χ3v) is 5.26. The van der Waals surface area contributed by atoms with Gasteiger partial charge < -0.3 is 4.90 Å². The molecule has 1 atom stereocenters. The molecule has 1 fully saturated rings. The van der Waals surface area contributed by atoms with Crippen LogP contribution in [-0.2, 0) is 0 Å². The first-order valence-electron chi connectivity index (χ1n) is 8.27. The number of aromatic nitrogens is 2. The average Bonchev–Trinajstić information content (AvgIpc) is 3.41. The van der Waals surface area contributed by atoms with Crippen LogP contribution in [0.4, 0.5) is 5.69 Å². The quantitative estimate of drug-likeness (QED) is 0.518. The summed E-state index contributed by atoms with van der Waals surface area (Å²) in [4.78, 5) is 25.3. The van der Waals surface area contributed by atoms with Gasteiger partial charge in [0.15, 0.2) is 5.69 Å². The van der Waals surface area contributed by atoms with Gasteiger partial charge in [-0.2, -0.15) is 16.4 Å². The summed E-state index contributed by atoms with van der Waals surface area (Å²) in [7, 11) is 0. The third kappa shape index (κ3) is 2.99. The van der Waals surface area contributed by atoms with Crippen LogP contribution in [0.2, 0.25) is 0 Å². The van der Waals surface area contributed by atoms with Crippen LogP contribution in [0.15, 0.2) is 53.4 Å². The van der Waals surface area contributed by atoms with E-state index in [9.17, 15) is 14.9 Å². The SMILES string of the molecule is O=C(c1ccn(-c2cccc([N+](=O)[O-])c2)n1)N1CCCC1c1ccsc1. The number of nitro groups is 1. The number of carbonyl (C=O) groups excluding carboxylic acids is 1. The summed E-state index contributed by atoms with van der Waals surface area (Å²) in [6, 6.07) is 9.99. The molecule has 3 heterocycles. The Hall–Kier alpha value is -3.00. The van der Waals surface area contributed by atoms with Crippen LogP contribution in [0, 0.1) is 10.1 Å². The maximum atomic E-state index is 12.9. The molecule has 1 aliphatic heterocycles. The van der Waals surface area contributed by atoms with E-state index in [1.165, 1.54) is 22.4 Å². The molecule has 0 radical (unpaired) electrons. The lowest BCUT2D eigenvalue weighted by Crippen LogP contribution is -2.30. The highest BCUT2D eigenvalue weighted by molar-refractivity contribution is 7.08. The number of thiophene rings is 1. The summed E-state index contributed by atoms with van der Waals surface area (Å²) in [5.41, 5.74) is 2.05. The molecule has 0 spiro atoms. The Morgan fingerprint density at radius 1 is 1.31 bits per heavy atom. The van der Waals surface area contributed by atoms with Gasteiger partial charge >= 0.3 is 0 Å². The van der Waals surface area contributed by atoms with Crippen molar-refractivity contribution in [1.82, 2.24) is 14.7 Å². The monoisotopic (exact) mass is 368 g/mol. The van der Waals surface area contributed by atoms with Gasteiger partial charge in [0.1, 0.15) is 0 Å². The largest absolute Gasteiger partial charge is 0.330 e. The predicted octanol–water partition coefficient (Wildman–Crippen LogP) is 3.82. The number of hydrogen-bond acceptors (Lipinski definition) is 5. The maximum Gasteiger partial charge on any atom is 0.274 e. The van der Waals surface area contributed by atoms with Crippen molar-refractivity contribution in [2.45, 2.75) is 18.9 Å². The lowest BCUT2D eigenvalue weighted by molar-refractivity contribution is -0.384. The van der Waals surface area contributed by atoms with Gasteiger partial charge in [-0.05, 0) is 47.4 Å². The molecule has 0 aliphatic carbocycles. The topological polar surface area (TPSA) is 81.3 Å². The van der Waals surface area contributed by atoms with Crippen molar-refractivity contribution in [3.05, 3.63) is 74.7 Å². The van der Waals surface area contributed by atoms with Crippen molar-refractivity contribution < 1.29 is 9.72 Å². The van der Waals surface area contributed by atoms with E-state index in [1.807, 2.05) is 10.3 Å². The van der Waals surface area contributed by atoms with Crippen LogP contribution in [0.1, 0.15) is 34.9 Å². The molecule has 0 bridgehead atoms. The smallest absolute Gasteiger partial charge is 0.274 e. The zero-order chi connectivity index (χ0) is 18.1.